The number of aliphatic hydroxyl groups excluding tert-OH is 1. The maximum Gasteiger partial charge on any atom is 0.259 e. The minimum atomic E-state index is -0.254. The van der Waals surface area contributed by atoms with Crippen molar-refractivity contribution in [2.75, 3.05) is 12.4 Å². The van der Waals surface area contributed by atoms with Gasteiger partial charge in [0.2, 0.25) is 0 Å². The Morgan fingerprint density at radius 3 is 2.50 bits per heavy atom. The van der Waals surface area contributed by atoms with E-state index >= 15 is 0 Å². The van der Waals surface area contributed by atoms with Crippen LogP contribution in [0.5, 0.6) is 5.75 Å². The number of nitrogens with one attached hydrogen (secondary N) is 1. The van der Waals surface area contributed by atoms with Crippen molar-refractivity contribution in [1.82, 2.24) is 0 Å². The lowest BCUT2D eigenvalue weighted by Gasteiger charge is -2.11. The summed E-state index contributed by atoms with van der Waals surface area (Å²) in [5.41, 5.74) is 1.91. The molecule has 5 heteroatoms. The third kappa shape index (κ3) is 3.48. The summed E-state index contributed by atoms with van der Waals surface area (Å²) in [7, 11) is 1.55. The summed E-state index contributed by atoms with van der Waals surface area (Å²) < 4.78 is 11.0. The molecule has 1 heterocycles. The maximum atomic E-state index is 12.9. The molecule has 0 spiro atoms. The lowest BCUT2D eigenvalue weighted by Crippen LogP contribution is -2.13. The van der Waals surface area contributed by atoms with Gasteiger partial charge in [-0.25, -0.2) is 0 Å². The average molecular weight is 373 g/mol. The zero-order valence-electron chi connectivity index (χ0n) is 15.3. The molecule has 0 saturated heterocycles. The van der Waals surface area contributed by atoms with Crippen molar-refractivity contribution in [2.45, 2.75) is 6.61 Å². The lowest BCUT2D eigenvalue weighted by atomic mass is 10.0. The molecule has 140 valence electrons. The molecule has 4 rings (SSSR count). The monoisotopic (exact) mass is 373 g/mol. The Morgan fingerprint density at radius 2 is 1.79 bits per heavy atom. The molecule has 0 aliphatic carbocycles. The van der Waals surface area contributed by atoms with Crippen LogP contribution in [0.15, 0.2) is 77.2 Å². The third-order valence-electron chi connectivity index (χ3n) is 4.53. The highest BCUT2D eigenvalue weighted by Gasteiger charge is 2.14. The van der Waals surface area contributed by atoms with Crippen molar-refractivity contribution in [3.05, 3.63) is 84.1 Å². The Morgan fingerprint density at radius 1 is 1.00 bits per heavy atom. The van der Waals surface area contributed by atoms with E-state index in [4.69, 9.17) is 14.3 Å². The zero-order valence-corrected chi connectivity index (χ0v) is 15.3. The molecular weight excluding hydrogens is 354 g/mol. The topological polar surface area (TPSA) is 71.7 Å². The Kier molecular flexibility index (Phi) is 4.83. The number of aliphatic hydroxyl groups is 1. The third-order valence-corrected chi connectivity index (χ3v) is 4.53. The number of fused-ring (bicyclic) bond motifs is 1. The van der Waals surface area contributed by atoms with Crippen LogP contribution in [0.25, 0.3) is 22.1 Å². The van der Waals surface area contributed by atoms with Gasteiger partial charge in [0.15, 0.2) is 0 Å². The van der Waals surface area contributed by atoms with Gasteiger partial charge in [-0.15, -0.1) is 0 Å². The molecular formula is C23H19NO4. The van der Waals surface area contributed by atoms with Gasteiger partial charge in [0.25, 0.3) is 5.91 Å². The summed E-state index contributed by atoms with van der Waals surface area (Å²) >= 11 is 0. The second kappa shape index (κ2) is 7.58. The normalized spacial score (nSPS) is 10.8. The molecule has 0 atom stereocenters. The predicted molar refractivity (Wildman–Crippen MR) is 109 cm³/mol. The second-order valence-corrected chi connectivity index (χ2v) is 6.36. The van der Waals surface area contributed by atoms with Crippen molar-refractivity contribution >= 4 is 22.4 Å². The minimum absolute atomic E-state index is 0.155. The van der Waals surface area contributed by atoms with E-state index in [1.165, 1.54) is 0 Å². The number of carbonyl (C=O) groups excluding carboxylic acids is 1. The fourth-order valence-electron chi connectivity index (χ4n) is 3.13. The number of hydrogen-bond acceptors (Lipinski definition) is 4. The first-order valence-corrected chi connectivity index (χ1v) is 8.86. The van der Waals surface area contributed by atoms with Crippen LogP contribution < -0.4 is 10.1 Å². The van der Waals surface area contributed by atoms with Crippen LogP contribution in [-0.4, -0.2) is 18.1 Å². The molecule has 2 N–H and O–H groups in total. The minimum Gasteiger partial charge on any atom is -0.496 e. The van der Waals surface area contributed by atoms with Crippen LogP contribution in [0, 0.1) is 0 Å². The van der Waals surface area contributed by atoms with Gasteiger partial charge in [0.05, 0.1) is 12.7 Å². The molecule has 1 amide bonds. The van der Waals surface area contributed by atoms with E-state index in [0.29, 0.717) is 28.5 Å². The number of anilines is 1. The van der Waals surface area contributed by atoms with Gasteiger partial charge in [-0.1, -0.05) is 36.4 Å². The zero-order chi connectivity index (χ0) is 19.5. The first kappa shape index (κ1) is 17.8. The van der Waals surface area contributed by atoms with Crippen molar-refractivity contribution in [1.29, 1.82) is 0 Å². The van der Waals surface area contributed by atoms with Gasteiger partial charge in [0.1, 0.15) is 23.9 Å². The lowest BCUT2D eigenvalue weighted by molar-refractivity contribution is 0.102. The molecule has 1 aromatic heterocycles. The highest BCUT2D eigenvalue weighted by atomic mass is 16.5. The largest absolute Gasteiger partial charge is 0.496 e. The van der Waals surface area contributed by atoms with Gasteiger partial charge in [-0.3, -0.25) is 4.79 Å². The summed E-state index contributed by atoms with van der Waals surface area (Å²) in [5, 5.41) is 14.1. The van der Waals surface area contributed by atoms with Gasteiger partial charge >= 0.3 is 0 Å². The molecule has 0 radical (unpaired) electrons. The number of benzene rings is 3. The number of furan rings is 1. The molecule has 0 saturated carbocycles. The van der Waals surface area contributed by atoms with E-state index in [9.17, 15) is 4.79 Å². The van der Waals surface area contributed by atoms with E-state index in [-0.39, 0.29) is 12.5 Å². The van der Waals surface area contributed by atoms with Crippen molar-refractivity contribution < 1.29 is 19.1 Å². The molecule has 0 bridgehead atoms. The number of methoxy groups -OCH3 is 1. The van der Waals surface area contributed by atoms with Crippen molar-refractivity contribution in [3.8, 4) is 17.1 Å². The Labute approximate surface area is 162 Å². The molecule has 0 aliphatic rings. The molecule has 3 aromatic carbocycles. The van der Waals surface area contributed by atoms with Crippen molar-refractivity contribution in [2.24, 2.45) is 0 Å². The van der Waals surface area contributed by atoms with Crippen LogP contribution in [-0.2, 0) is 6.61 Å². The number of carbonyl (C=O) groups is 1. The number of hydrogen-bond donors (Lipinski definition) is 2. The quantitative estimate of drug-likeness (QED) is 0.524. The summed E-state index contributed by atoms with van der Waals surface area (Å²) in [6, 6.07) is 22.4. The van der Waals surface area contributed by atoms with Crippen LogP contribution >= 0.6 is 0 Å². The van der Waals surface area contributed by atoms with E-state index in [1.54, 1.807) is 19.2 Å². The van der Waals surface area contributed by atoms with Crippen LogP contribution in [0.3, 0.4) is 0 Å². The second-order valence-electron chi connectivity index (χ2n) is 6.36. The summed E-state index contributed by atoms with van der Waals surface area (Å²) in [5.74, 6) is 1.38. The van der Waals surface area contributed by atoms with Crippen LogP contribution in [0.2, 0.25) is 0 Å². The molecule has 0 fully saturated rings. The predicted octanol–water partition coefficient (Wildman–Crippen LogP) is 4.85. The number of ether oxygens (including phenoxy) is 1. The summed E-state index contributed by atoms with van der Waals surface area (Å²) in [6.07, 6.45) is 0. The Hall–Kier alpha value is -3.57. The molecule has 5 nitrogen and oxygen atoms in total. The molecule has 0 unspecified atom stereocenters. The average Bonchev–Trinajstić information content (AvgIpc) is 3.22. The molecule has 4 aromatic rings. The molecule has 28 heavy (non-hydrogen) atoms. The van der Waals surface area contributed by atoms with E-state index in [1.807, 2.05) is 60.7 Å². The highest BCUT2D eigenvalue weighted by molar-refractivity contribution is 6.08. The van der Waals surface area contributed by atoms with Gasteiger partial charge in [0, 0.05) is 11.3 Å². The number of rotatable bonds is 5. The van der Waals surface area contributed by atoms with E-state index < -0.39 is 0 Å². The number of amides is 1. The van der Waals surface area contributed by atoms with Crippen molar-refractivity contribution in [3.63, 3.8) is 0 Å². The highest BCUT2D eigenvalue weighted by Crippen LogP contribution is 2.28. The smallest absolute Gasteiger partial charge is 0.259 e. The standard InChI is InChI=1S/C23H19NO4/c1-27-22-13-16-6-3-2-5-15(16)12-20(22)23(26)24-18-8-4-7-17(11-18)21-10-9-19(14-25)28-21/h2-13,25H,14H2,1H3,(H,24,26). The fourth-order valence-corrected chi connectivity index (χ4v) is 3.13. The summed E-state index contributed by atoms with van der Waals surface area (Å²) in [4.78, 5) is 12.9. The first-order chi connectivity index (χ1) is 13.7. The van der Waals surface area contributed by atoms with Gasteiger partial charge in [-0.05, 0) is 47.2 Å². The van der Waals surface area contributed by atoms with Gasteiger partial charge < -0.3 is 19.6 Å². The van der Waals surface area contributed by atoms with E-state index in [2.05, 4.69) is 5.32 Å². The fraction of sp³-hybridized carbons (Fsp3) is 0.0870. The molecule has 0 aliphatic heterocycles. The first-order valence-electron chi connectivity index (χ1n) is 8.86. The Balaban J connectivity index is 1.63. The SMILES string of the molecule is COc1cc2ccccc2cc1C(=O)Nc1cccc(-c2ccc(CO)o2)c1. The van der Waals surface area contributed by atoms with Crippen LogP contribution in [0.1, 0.15) is 16.1 Å². The van der Waals surface area contributed by atoms with E-state index in [0.717, 1.165) is 16.3 Å². The Bertz CT molecular complexity index is 1150. The summed E-state index contributed by atoms with van der Waals surface area (Å²) in [6.45, 7) is -0.155. The van der Waals surface area contributed by atoms with Crippen LogP contribution in [0.4, 0.5) is 5.69 Å². The maximum absolute atomic E-state index is 12.9. The van der Waals surface area contributed by atoms with Gasteiger partial charge in [-0.2, -0.15) is 0 Å².